The number of halogens is 2. The van der Waals surface area contributed by atoms with E-state index in [-0.39, 0.29) is 16.5 Å². The number of fused-ring (bicyclic) bond motifs is 2. The summed E-state index contributed by atoms with van der Waals surface area (Å²) >= 11 is 7.31. The summed E-state index contributed by atoms with van der Waals surface area (Å²) in [6, 6.07) is 5.26. The maximum absolute atomic E-state index is 12.3. The molecule has 11 heteroatoms. The highest BCUT2D eigenvalue weighted by Gasteiger charge is 2.69. The quantitative estimate of drug-likeness (QED) is 0.131. The highest BCUT2D eigenvalue weighted by Crippen LogP contribution is 2.60. The van der Waals surface area contributed by atoms with Crippen molar-refractivity contribution in [3.8, 4) is 11.5 Å². The lowest BCUT2D eigenvalue weighted by molar-refractivity contribution is -0.157. The van der Waals surface area contributed by atoms with Gasteiger partial charge in [-0.2, -0.15) is 0 Å². The maximum Gasteiger partial charge on any atom is 0.327 e. The van der Waals surface area contributed by atoms with Crippen LogP contribution >= 0.6 is 43.6 Å². The summed E-state index contributed by atoms with van der Waals surface area (Å²) in [5, 5.41) is 9.16. The predicted molar refractivity (Wildman–Crippen MR) is 156 cm³/mol. The smallest absolute Gasteiger partial charge is 0.327 e. The number of hydrogen-bond acceptors (Lipinski definition) is 6. The van der Waals surface area contributed by atoms with Gasteiger partial charge >= 0.3 is 5.97 Å². The Morgan fingerprint density at radius 3 is 2.54 bits per heavy atom. The molecule has 37 heavy (non-hydrogen) atoms. The van der Waals surface area contributed by atoms with Crippen molar-refractivity contribution in [1.29, 1.82) is 0 Å². The number of carbonyl (C=O) groups is 2. The number of alkyl halides is 2. The molecule has 2 saturated heterocycles. The van der Waals surface area contributed by atoms with Crippen molar-refractivity contribution in [2.24, 2.45) is 0 Å². The van der Waals surface area contributed by atoms with Crippen molar-refractivity contribution in [3.05, 3.63) is 23.8 Å². The van der Waals surface area contributed by atoms with Gasteiger partial charge in [0.15, 0.2) is 14.7 Å². The molecule has 4 atom stereocenters. The third-order valence-electron chi connectivity index (χ3n) is 6.78. The Morgan fingerprint density at radius 2 is 1.86 bits per heavy atom. The van der Waals surface area contributed by atoms with Crippen molar-refractivity contribution in [3.63, 3.8) is 0 Å². The number of amides is 1. The molecule has 7 nitrogen and oxygen atoms in total. The molecule has 0 spiro atoms. The Morgan fingerprint density at radius 1 is 1.22 bits per heavy atom. The van der Waals surface area contributed by atoms with Gasteiger partial charge in [0, 0.05) is 11.2 Å². The van der Waals surface area contributed by atoms with Crippen molar-refractivity contribution in [2.45, 2.75) is 97.3 Å². The van der Waals surface area contributed by atoms with Crippen molar-refractivity contribution in [1.82, 2.24) is 4.90 Å². The van der Waals surface area contributed by atoms with Crippen LogP contribution in [0.15, 0.2) is 18.2 Å². The first-order chi connectivity index (χ1) is 17.4. The topological polar surface area (TPSA) is 99.1 Å². The largest absolute Gasteiger partial charge is 0.616 e. The van der Waals surface area contributed by atoms with Crippen molar-refractivity contribution >= 4 is 66.7 Å². The number of carbonyl (C=O) groups excluding carboxylic acids is 1. The number of β-lactam (4-membered cyclic amide) rings is 1. The lowest BCUT2D eigenvalue weighted by Gasteiger charge is -2.46. The first-order valence-corrected chi connectivity index (χ1v) is 16.6. The number of aliphatic carboxylic acids is 1. The van der Waals surface area contributed by atoms with Crippen LogP contribution in [0.25, 0.3) is 0 Å². The summed E-state index contributed by atoms with van der Waals surface area (Å²) in [7, 11) is 0. The summed E-state index contributed by atoms with van der Waals surface area (Å²) in [4.78, 5) is 24.3. The Kier molecular flexibility index (Phi) is 11.0. The van der Waals surface area contributed by atoms with E-state index >= 15 is 0 Å². The average Bonchev–Trinajstić information content (AvgIpc) is 3.41. The normalized spacial score (nSPS) is 24.0. The molecule has 0 bridgehead atoms. The van der Waals surface area contributed by atoms with E-state index in [0.717, 1.165) is 30.1 Å². The lowest BCUT2D eigenvalue weighted by Crippen LogP contribution is -2.68. The minimum Gasteiger partial charge on any atom is -0.616 e. The number of rotatable bonds is 11. The first-order valence-electron chi connectivity index (χ1n) is 12.8. The molecule has 1 N–H and O–H groups in total. The molecule has 0 aliphatic carbocycles. The summed E-state index contributed by atoms with van der Waals surface area (Å²) in [5.74, 6) is 1.30. The highest BCUT2D eigenvalue weighted by atomic mass is 79.9. The van der Waals surface area contributed by atoms with Crippen molar-refractivity contribution in [2.75, 3.05) is 12.5 Å². The number of carboxylic acids is 1. The van der Waals surface area contributed by atoms with E-state index in [4.69, 9.17) is 14.6 Å². The highest BCUT2D eigenvalue weighted by molar-refractivity contribution is 9.26. The summed E-state index contributed by atoms with van der Waals surface area (Å²) in [6.07, 6.45) is 8.32. The van der Waals surface area contributed by atoms with Crippen LogP contribution in [0.1, 0.15) is 71.8 Å². The fourth-order valence-electron chi connectivity index (χ4n) is 4.70. The van der Waals surface area contributed by atoms with Gasteiger partial charge in [0.2, 0.25) is 6.79 Å². The second kappa shape index (κ2) is 13.2. The summed E-state index contributed by atoms with van der Waals surface area (Å²) in [5.41, 5.74) is 1.17. The number of unbranched alkanes of at least 4 members (excludes halogenated alkanes) is 5. The van der Waals surface area contributed by atoms with Gasteiger partial charge in [0.05, 0.1) is 0 Å². The zero-order valence-electron chi connectivity index (χ0n) is 21.8. The Hall–Kier alpha value is -0.620. The van der Waals surface area contributed by atoms with E-state index in [1.165, 1.54) is 54.3 Å². The Bertz CT molecular complexity index is 963. The van der Waals surface area contributed by atoms with Crippen LogP contribution in [0.2, 0.25) is 0 Å². The number of benzene rings is 1. The second-order valence-corrected chi connectivity index (χ2v) is 17.5. The van der Waals surface area contributed by atoms with Gasteiger partial charge in [-0.05, 0) is 51.3 Å². The zero-order valence-corrected chi connectivity index (χ0v) is 26.6. The van der Waals surface area contributed by atoms with Gasteiger partial charge in [-0.25, -0.2) is 4.79 Å². The van der Waals surface area contributed by atoms with Gasteiger partial charge in [-0.1, -0.05) is 81.7 Å². The third kappa shape index (κ3) is 7.32. The van der Waals surface area contributed by atoms with Crippen LogP contribution in [0.3, 0.4) is 0 Å². The first kappa shape index (κ1) is 30.9. The molecule has 0 radical (unpaired) electrons. The minimum absolute atomic E-state index is 0.152. The summed E-state index contributed by atoms with van der Waals surface area (Å²) in [6.45, 7) is 8.30. The lowest BCUT2D eigenvalue weighted by atomic mass is 9.98. The molecule has 3 heterocycles. The molecule has 3 aliphatic heterocycles. The maximum atomic E-state index is 12.3. The molecular formula is C26H37Br2NO6S2. The van der Waals surface area contributed by atoms with E-state index in [1.807, 2.05) is 32.0 Å². The van der Waals surface area contributed by atoms with Gasteiger partial charge < -0.3 is 24.0 Å². The van der Waals surface area contributed by atoms with Crippen molar-refractivity contribution < 1.29 is 28.7 Å². The molecule has 208 valence electrons. The fraction of sp³-hybridized carbons (Fsp3) is 0.692. The molecule has 4 rings (SSSR count). The number of carboxylic acid groups (broad SMARTS) is 1. The molecule has 1 aromatic rings. The fourth-order valence-corrected chi connectivity index (χ4v) is 8.88. The van der Waals surface area contributed by atoms with Crippen LogP contribution in [0, 0.1) is 0 Å². The minimum atomic E-state index is -0.946. The third-order valence-corrected chi connectivity index (χ3v) is 12.3. The van der Waals surface area contributed by atoms with E-state index in [0.29, 0.717) is 6.79 Å². The average molecular weight is 684 g/mol. The van der Waals surface area contributed by atoms with Crippen LogP contribution in [-0.4, -0.2) is 63.6 Å². The molecule has 0 saturated carbocycles. The molecule has 2 unspecified atom stereocenters. The van der Waals surface area contributed by atoms with Gasteiger partial charge in [0.25, 0.3) is 5.91 Å². The molecule has 3 aliphatic rings. The zero-order chi connectivity index (χ0) is 27.4. The SMILES string of the molecule is CC1(C)S[C@H]2N(C(=O)C2(Br)Br)[C@H]1C(=O)O.CCCCCCCC[S+]([O-])C(C)Cc1ccc2c(c1)OCO2. The van der Waals surface area contributed by atoms with Crippen LogP contribution in [-0.2, 0) is 27.2 Å². The van der Waals surface area contributed by atoms with Gasteiger partial charge in [0.1, 0.15) is 22.4 Å². The second-order valence-electron chi connectivity index (χ2n) is 10.2. The number of hydrogen-bond donors (Lipinski definition) is 1. The van der Waals surface area contributed by atoms with E-state index in [2.05, 4.69) is 45.7 Å². The van der Waals surface area contributed by atoms with E-state index in [1.54, 1.807) is 0 Å². The molecule has 1 aromatic carbocycles. The predicted octanol–water partition coefficient (Wildman–Crippen LogP) is 6.07. The van der Waals surface area contributed by atoms with Crippen LogP contribution in [0.4, 0.5) is 0 Å². The van der Waals surface area contributed by atoms with E-state index in [9.17, 15) is 14.1 Å². The van der Waals surface area contributed by atoms with Gasteiger partial charge in [-0.3, -0.25) is 4.79 Å². The van der Waals surface area contributed by atoms with Crippen LogP contribution < -0.4 is 9.47 Å². The van der Waals surface area contributed by atoms with Crippen LogP contribution in [0.5, 0.6) is 11.5 Å². The Balaban J connectivity index is 0.000000220. The number of thioether (sulfide) groups is 1. The Labute approximate surface area is 244 Å². The monoisotopic (exact) mass is 681 g/mol. The summed E-state index contributed by atoms with van der Waals surface area (Å²) < 4.78 is 21.8. The van der Waals surface area contributed by atoms with E-state index < -0.39 is 31.2 Å². The molecule has 0 aromatic heterocycles. The molecule has 1 amide bonds. The standard InChI is InChI=1S/C18H28O3S.C8H9Br2NO3S/c1-3-4-5-6-7-8-11-22(19)15(2)12-16-9-10-17-18(13-16)21-14-20-17;1-7(2)3(4(12)13)11-5(14)8(9,10)6(11)15-7/h9-10,13,15H,3-8,11-12,14H2,1-2H3;3,6H,1-2H3,(H,12,13)/t;3-,6+/m.0/s1. The number of nitrogens with zero attached hydrogens (tertiary/aromatic N) is 1. The molecular weight excluding hydrogens is 646 g/mol. The number of ether oxygens (including phenoxy) is 2. The van der Waals surface area contributed by atoms with Gasteiger partial charge in [-0.15, -0.1) is 11.8 Å². The molecule has 2 fully saturated rings.